The van der Waals surface area contributed by atoms with Crippen LogP contribution in [0, 0.1) is 11.3 Å². The van der Waals surface area contributed by atoms with Gasteiger partial charge in [0.1, 0.15) is 11.8 Å². The fourth-order valence-corrected chi connectivity index (χ4v) is 2.29. The van der Waals surface area contributed by atoms with E-state index in [-0.39, 0.29) is 16.5 Å². The molecule has 0 N–H and O–H groups in total. The Labute approximate surface area is 83.1 Å². The van der Waals surface area contributed by atoms with Crippen LogP contribution in [0.5, 0.6) is 0 Å². The summed E-state index contributed by atoms with van der Waals surface area (Å²) in [6, 6.07) is 6.21. The SMILES string of the molecule is CCCS(=O)(=O)c1cccc(C#N)n1. The topological polar surface area (TPSA) is 70.8 Å². The van der Waals surface area contributed by atoms with E-state index in [0.29, 0.717) is 6.42 Å². The van der Waals surface area contributed by atoms with E-state index in [1.807, 2.05) is 0 Å². The molecule has 0 saturated heterocycles. The van der Waals surface area contributed by atoms with Crippen molar-refractivity contribution >= 4 is 9.84 Å². The zero-order valence-electron chi connectivity index (χ0n) is 7.77. The number of rotatable bonds is 3. The summed E-state index contributed by atoms with van der Waals surface area (Å²) < 4.78 is 23.1. The van der Waals surface area contributed by atoms with Gasteiger partial charge in [-0.2, -0.15) is 5.26 Å². The quantitative estimate of drug-likeness (QED) is 0.750. The van der Waals surface area contributed by atoms with Gasteiger partial charge in [-0.25, -0.2) is 13.4 Å². The van der Waals surface area contributed by atoms with Crippen LogP contribution in [0.25, 0.3) is 0 Å². The van der Waals surface area contributed by atoms with Gasteiger partial charge in [0.15, 0.2) is 14.9 Å². The molecule has 1 aromatic rings. The van der Waals surface area contributed by atoms with Crippen LogP contribution in [-0.2, 0) is 9.84 Å². The molecule has 0 atom stereocenters. The van der Waals surface area contributed by atoms with E-state index in [1.54, 1.807) is 13.0 Å². The summed E-state index contributed by atoms with van der Waals surface area (Å²) >= 11 is 0. The van der Waals surface area contributed by atoms with E-state index in [1.165, 1.54) is 18.2 Å². The fourth-order valence-electron chi connectivity index (χ4n) is 1.02. The highest BCUT2D eigenvalue weighted by Gasteiger charge is 2.14. The fraction of sp³-hybridized carbons (Fsp3) is 0.333. The van der Waals surface area contributed by atoms with E-state index in [4.69, 9.17) is 5.26 Å². The Kier molecular flexibility index (Phi) is 3.20. The summed E-state index contributed by atoms with van der Waals surface area (Å²) in [5.41, 5.74) is 0.127. The lowest BCUT2D eigenvalue weighted by Gasteiger charge is -2.00. The maximum Gasteiger partial charge on any atom is 0.195 e. The van der Waals surface area contributed by atoms with Gasteiger partial charge in [0.05, 0.1) is 5.75 Å². The number of nitrogens with zero attached hydrogens (tertiary/aromatic N) is 2. The van der Waals surface area contributed by atoms with Gasteiger partial charge in [0.2, 0.25) is 0 Å². The Balaban J connectivity index is 3.15. The normalized spacial score (nSPS) is 10.9. The molecule has 0 aliphatic rings. The van der Waals surface area contributed by atoms with E-state index >= 15 is 0 Å². The van der Waals surface area contributed by atoms with Crippen molar-refractivity contribution in [3.05, 3.63) is 23.9 Å². The lowest BCUT2D eigenvalue weighted by atomic mass is 10.4. The van der Waals surface area contributed by atoms with Crippen LogP contribution in [0.1, 0.15) is 19.0 Å². The van der Waals surface area contributed by atoms with Gasteiger partial charge < -0.3 is 0 Å². The third kappa shape index (κ3) is 2.30. The van der Waals surface area contributed by atoms with Gasteiger partial charge in [0.25, 0.3) is 0 Å². The minimum atomic E-state index is -3.31. The van der Waals surface area contributed by atoms with Crippen LogP contribution in [0.15, 0.2) is 23.2 Å². The lowest BCUT2D eigenvalue weighted by Crippen LogP contribution is -2.08. The number of pyridine rings is 1. The molecule has 1 heterocycles. The van der Waals surface area contributed by atoms with Gasteiger partial charge in [-0.3, -0.25) is 0 Å². The molecule has 0 radical (unpaired) electrons. The average Bonchev–Trinajstić information content (AvgIpc) is 2.18. The third-order valence-corrected chi connectivity index (χ3v) is 3.44. The Morgan fingerprint density at radius 2 is 2.21 bits per heavy atom. The minimum Gasteiger partial charge on any atom is -0.226 e. The number of nitriles is 1. The summed E-state index contributed by atoms with van der Waals surface area (Å²) in [5, 5.41) is 8.53. The molecule has 0 bridgehead atoms. The Morgan fingerprint density at radius 1 is 1.50 bits per heavy atom. The predicted molar refractivity (Wildman–Crippen MR) is 51.3 cm³/mol. The molecule has 74 valence electrons. The molecule has 0 aromatic carbocycles. The highest BCUT2D eigenvalue weighted by atomic mass is 32.2. The van der Waals surface area contributed by atoms with Crippen LogP contribution in [-0.4, -0.2) is 19.2 Å². The lowest BCUT2D eigenvalue weighted by molar-refractivity contribution is 0.591. The monoisotopic (exact) mass is 210 g/mol. The molecule has 14 heavy (non-hydrogen) atoms. The smallest absolute Gasteiger partial charge is 0.195 e. The molecule has 0 fully saturated rings. The maximum atomic E-state index is 11.5. The van der Waals surface area contributed by atoms with Crippen LogP contribution in [0.4, 0.5) is 0 Å². The van der Waals surface area contributed by atoms with Crippen molar-refractivity contribution < 1.29 is 8.42 Å². The summed E-state index contributed by atoms with van der Waals surface area (Å²) in [7, 11) is -3.31. The first-order valence-corrected chi connectivity index (χ1v) is 5.85. The molecule has 0 spiro atoms. The largest absolute Gasteiger partial charge is 0.226 e. The average molecular weight is 210 g/mol. The van der Waals surface area contributed by atoms with Crippen molar-refractivity contribution in [3.63, 3.8) is 0 Å². The number of sulfone groups is 1. The molecule has 0 aliphatic carbocycles. The molecule has 0 aliphatic heterocycles. The van der Waals surface area contributed by atoms with E-state index in [0.717, 1.165) is 0 Å². The van der Waals surface area contributed by atoms with Crippen LogP contribution >= 0.6 is 0 Å². The second-order valence-corrected chi connectivity index (χ2v) is 4.85. The Hall–Kier alpha value is -1.41. The zero-order valence-corrected chi connectivity index (χ0v) is 8.58. The van der Waals surface area contributed by atoms with Gasteiger partial charge in [-0.1, -0.05) is 13.0 Å². The minimum absolute atomic E-state index is 0.0154. The van der Waals surface area contributed by atoms with Crippen LogP contribution in [0.2, 0.25) is 0 Å². The summed E-state index contributed by atoms with van der Waals surface area (Å²) in [6.45, 7) is 1.78. The highest BCUT2D eigenvalue weighted by Crippen LogP contribution is 2.09. The second kappa shape index (κ2) is 4.20. The van der Waals surface area contributed by atoms with Crippen molar-refractivity contribution in [2.24, 2.45) is 0 Å². The van der Waals surface area contributed by atoms with Gasteiger partial charge in [-0.15, -0.1) is 0 Å². The first kappa shape index (κ1) is 10.7. The summed E-state index contributed by atoms with van der Waals surface area (Å²) in [6.07, 6.45) is 0.542. The third-order valence-electron chi connectivity index (χ3n) is 1.63. The summed E-state index contributed by atoms with van der Waals surface area (Å²) in [5.74, 6) is 0.0644. The molecule has 0 unspecified atom stereocenters. The van der Waals surface area contributed by atoms with Gasteiger partial charge in [0, 0.05) is 0 Å². The molecular formula is C9H10N2O2S. The van der Waals surface area contributed by atoms with Crippen molar-refractivity contribution in [2.45, 2.75) is 18.4 Å². The predicted octanol–water partition coefficient (Wildman–Crippen LogP) is 1.14. The molecular weight excluding hydrogens is 200 g/mol. The van der Waals surface area contributed by atoms with Crippen LogP contribution < -0.4 is 0 Å². The summed E-state index contributed by atoms with van der Waals surface area (Å²) in [4.78, 5) is 3.73. The first-order valence-electron chi connectivity index (χ1n) is 4.20. The Bertz CT molecular complexity index is 460. The molecule has 0 saturated carbocycles. The van der Waals surface area contributed by atoms with Crippen molar-refractivity contribution in [1.29, 1.82) is 5.26 Å². The van der Waals surface area contributed by atoms with Crippen LogP contribution in [0.3, 0.4) is 0 Å². The van der Waals surface area contributed by atoms with E-state index in [2.05, 4.69) is 4.98 Å². The van der Waals surface area contributed by atoms with Crippen molar-refractivity contribution in [1.82, 2.24) is 4.98 Å². The maximum absolute atomic E-state index is 11.5. The number of aromatic nitrogens is 1. The first-order chi connectivity index (χ1) is 6.60. The second-order valence-electron chi connectivity index (χ2n) is 2.79. The highest BCUT2D eigenvalue weighted by molar-refractivity contribution is 7.91. The molecule has 1 rings (SSSR count). The van der Waals surface area contributed by atoms with Crippen molar-refractivity contribution in [2.75, 3.05) is 5.75 Å². The van der Waals surface area contributed by atoms with Gasteiger partial charge >= 0.3 is 0 Å². The van der Waals surface area contributed by atoms with Gasteiger partial charge in [-0.05, 0) is 18.6 Å². The zero-order chi connectivity index (χ0) is 10.6. The van der Waals surface area contributed by atoms with Crippen molar-refractivity contribution in [3.8, 4) is 6.07 Å². The molecule has 0 amide bonds. The number of hydrogen-bond acceptors (Lipinski definition) is 4. The Morgan fingerprint density at radius 3 is 2.79 bits per heavy atom. The van der Waals surface area contributed by atoms with E-state index in [9.17, 15) is 8.42 Å². The number of hydrogen-bond donors (Lipinski definition) is 0. The molecule has 4 nitrogen and oxygen atoms in total. The molecule has 1 aromatic heterocycles. The standard InChI is InChI=1S/C9H10N2O2S/c1-2-6-14(12,13)9-5-3-4-8(7-10)11-9/h3-5H,2,6H2,1H3. The van der Waals surface area contributed by atoms with E-state index < -0.39 is 9.84 Å². The molecule has 5 heteroatoms.